The number of anilines is 1. The third-order valence-electron chi connectivity index (χ3n) is 3.12. The first-order chi connectivity index (χ1) is 10.0. The highest BCUT2D eigenvalue weighted by Crippen LogP contribution is 2.35. The molecule has 0 amide bonds. The minimum absolute atomic E-state index is 0.0638. The van der Waals surface area contributed by atoms with Gasteiger partial charge >= 0.3 is 5.69 Å². The molecular formula is C14H17N3O4. The molecule has 1 N–H and O–H groups in total. The summed E-state index contributed by atoms with van der Waals surface area (Å²) in [5.74, 6) is 0.954. The first-order valence-corrected chi connectivity index (χ1v) is 6.60. The monoisotopic (exact) mass is 291 g/mol. The van der Waals surface area contributed by atoms with Crippen LogP contribution in [0.1, 0.15) is 23.9 Å². The van der Waals surface area contributed by atoms with E-state index in [0.29, 0.717) is 24.6 Å². The fraction of sp³-hybridized carbons (Fsp3) is 0.357. The maximum absolute atomic E-state index is 11.3. The summed E-state index contributed by atoms with van der Waals surface area (Å²) < 4.78 is 10.4. The van der Waals surface area contributed by atoms with Crippen LogP contribution in [0.15, 0.2) is 22.7 Å². The molecule has 0 radical (unpaired) electrons. The maximum Gasteiger partial charge on any atom is 0.333 e. The Kier molecular flexibility index (Phi) is 4.42. The van der Waals surface area contributed by atoms with Gasteiger partial charge in [0.25, 0.3) is 0 Å². The lowest BCUT2D eigenvalue weighted by Gasteiger charge is -2.10. The normalized spacial score (nSPS) is 10.4. The summed E-state index contributed by atoms with van der Waals surface area (Å²) in [5, 5.41) is 18.2. The molecule has 0 aliphatic carbocycles. The van der Waals surface area contributed by atoms with Crippen LogP contribution >= 0.6 is 0 Å². The average molecular weight is 291 g/mol. The molecule has 0 saturated carbocycles. The van der Waals surface area contributed by atoms with Gasteiger partial charge in [-0.15, -0.1) is 0 Å². The van der Waals surface area contributed by atoms with Crippen molar-refractivity contribution in [2.75, 3.05) is 11.9 Å². The number of ether oxygens (including phenoxy) is 1. The van der Waals surface area contributed by atoms with Gasteiger partial charge in [-0.3, -0.25) is 10.1 Å². The van der Waals surface area contributed by atoms with E-state index in [0.717, 1.165) is 11.3 Å². The molecule has 1 aromatic carbocycles. The van der Waals surface area contributed by atoms with Crippen molar-refractivity contribution in [1.29, 1.82) is 0 Å². The van der Waals surface area contributed by atoms with Gasteiger partial charge in [0, 0.05) is 12.1 Å². The van der Waals surface area contributed by atoms with Crippen LogP contribution in [0.25, 0.3) is 0 Å². The highest BCUT2D eigenvalue weighted by Gasteiger charge is 2.21. The molecule has 7 nitrogen and oxygen atoms in total. The fourth-order valence-corrected chi connectivity index (χ4v) is 2.06. The zero-order valence-electron chi connectivity index (χ0n) is 12.2. The van der Waals surface area contributed by atoms with Crippen LogP contribution in [0.3, 0.4) is 0 Å². The minimum atomic E-state index is -0.444. The van der Waals surface area contributed by atoms with E-state index in [-0.39, 0.29) is 11.4 Å². The quantitative estimate of drug-likeness (QED) is 0.649. The summed E-state index contributed by atoms with van der Waals surface area (Å²) in [5.41, 5.74) is 2.01. The average Bonchev–Trinajstić information content (AvgIpc) is 2.76. The van der Waals surface area contributed by atoms with Crippen molar-refractivity contribution >= 4 is 11.4 Å². The third-order valence-corrected chi connectivity index (χ3v) is 3.12. The lowest BCUT2D eigenvalue weighted by molar-refractivity contribution is -0.384. The zero-order chi connectivity index (χ0) is 15.4. The Hall–Kier alpha value is -2.57. The Morgan fingerprint density at radius 2 is 2.19 bits per heavy atom. The molecule has 21 heavy (non-hydrogen) atoms. The second-order valence-corrected chi connectivity index (χ2v) is 4.50. The molecule has 0 fully saturated rings. The summed E-state index contributed by atoms with van der Waals surface area (Å²) >= 11 is 0. The molecule has 0 aliphatic heterocycles. The van der Waals surface area contributed by atoms with Crippen LogP contribution in [-0.2, 0) is 6.54 Å². The largest absolute Gasteiger partial charge is 0.487 e. The van der Waals surface area contributed by atoms with Crippen molar-refractivity contribution in [2.24, 2.45) is 0 Å². The van der Waals surface area contributed by atoms with Crippen LogP contribution in [0.5, 0.6) is 5.75 Å². The van der Waals surface area contributed by atoms with Gasteiger partial charge < -0.3 is 14.6 Å². The number of benzene rings is 1. The molecule has 0 atom stereocenters. The van der Waals surface area contributed by atoms with Crippen LogP contribution in [0, 0.1) is 24.0 Å². The van der Waals surface area contributed by atoms with Gasteiger partial charge in [0.1, 0.15) is 11.4 Å². The van der Waals surface area contributed by atoms with Gasteiger partial charge in [-0.05, 0) is 32.9 Å². The molecule has 7 heteroatoms. The van der Waals surface area contributed by atoms with E-state index in [1.54, 1.807) is 25.1 Å². The summed E-state index contributed by atoms with van der Waals surface area (Å²) in [4.78, 5) is 10.8. The lowest BCUT2D eigenvalue weighted by Crippen LogP contribution is -2.06. The molecule has 0 saturated heterocycles. The molecular weight excluding hydrogens is 274 g/mol. The summed E-state index contributed by atoms with van der Waals surface area (Å²) in [7, 11) is 0. The Morgan fingerprint density at radius 1 is 1.43 bits per heavy atom. The second-order valence-electron chi connectivity index (χ2n) is 4.50. The molecule has 0 unspecified atom stereocenters. The van der Waals surface area contributed by atoms with Crippen molar-refractivity contribution in [3.05, 3.63) is 45.3 Å². The van der Waals surface area contributed by atoms with Crippen LogP contribution in [-0.4, -0.2) is 16.7 Å². The van der Waals surface area contributed by atoms with E-state index in [9.17, 15) is 10.1 Å². The van der Waals surface area contributed by atoms with Crippen molar-refractivity contribution in [1.82, 2.24) is 5.16 Å². The molecule has 2 aromatic rings. The SMILES string of the molecule is CCOc1cccc(NCc2c(C)noc2C)c1[N+](=O)[O-]. The number of nitro groups is 1. The van der Waals surface area contributed by atoms with Gasteiger partial charge in [-0.1, -0.05) is 11.2 Å². The van der Waals surface area contributed by atoms with Gasteiger partial charge in [-0.2, -0.15) is 0 Å². The number of para-hydroxylation sites is 1. The number of aryl methyl sites for hydroxylation is 2. The second kappa shape index (κ2) is 6.25. The number of hydrogen-bond donors (Lipinski definition) is 1. The molecule has 1 aromatic heterocycles. The topological polar surface area (TPSA) is 90.4 Å². The predicted octanol–water partition coefficient (Wildman–Crippen LogP) is 3.21. The predicted molar refractivity (Wildman–Crippen MR) is 77.6 cm³/mol. The molecule has 0 bridgehead atoms. The summed E-state index contributed by atoms with van der Waals surface area (Å²) in [6.45, 7) is 6.19. The van der Waals surface area contributed by atoms with E-state index in [1.807, 2.05) is 13.8 Å². The smallest absolute Gasteiger partial charge is 0.333 e. The number of nitrogens with zero attached hydrogens (tertiary/aromatic N) is 2. The molecule has 112 valence electrons. The Balaban J connectivity index is 2.27. The first-order valence-electron chi connectivity index (χ1n) is 6.60. The molecule has 0 spiro atoms. The van der Waals surface area contributed by atoms with Gasteiger partial charge in [0.2, 0.25) is 0 Å². The maximum atomic E-state index is 11.3. The van der Waals surface area contributed by atoms with E-state index >= 15 is 0 Å². The Bertz CT molecular complexity index is 632. The number of nitro benzene ring substituents is 1. The molecule has 2 rings (SSSR count). The molecule has 1 heterocycles. The zero-order valence-corrected chi connectivity index (χ0v) is 12.2. The van der Waals surface area contributed by atoms with Crippen molar-refractivity contribution in [3.8, 4) is 5.75 Å². The third kappa shape index (κ3) is 3.13. The number of rotatable bonds is 6. The first kappa shape index (κ1) is 14.8. The standard InChI is InChI=1S/C14H17N3O4/c1-4-20-13-7-5-6-12(14(13)17(18)19)15-8-11-9(2)16-21-10(11)3/h5-7,15H,4,8H2,1-3H3. The van der Waals surface area contributed by atoms with E-state index < -0.39 is 4.92 Å². The molecule has 0 aliphatic rings. The van der Waals surface area contributed by atoms with Crippen molar-refractivity contribution < 1.29 is 14.2 Å². The summed E-state index contributed by atoms with van der Waals surface area (Å²) in [6, 6.07) is 4.95. The van der Waals surface area contributed by atoms with E-state index in [4.69, 9.17) is 9.26 Å². The Labute approximate surface area is 122 Å². The number of aromatic nitrogens is 1. The number of nitrogens with one attached hydrogen (secondary N) is 1. The van der Waals surface area contributed by atoms with Crippen LogP contribution in [0.4, 0.5) is 11.4 Å². The van der Waals surface area contributed by atoms with Crippen molar-refractivity contribution in [2.45, 2.75) is 27.3 Å². The lowest BCUT2D eigenvalue weighted by atomic mass is 10.2. The highest BCUT2D eigenvalue weighted by atomic mass is 16.6. The van der Waals surface area contributed by atoms with Crippen molar-refractivity contribution in [3.63, 3.8) is 0 Å². The fourth-order valence-electron chi connectivity index (χ4n) is 2.06. The van der Waals surface area contributed by atoms with Crippen LogP contribution < -0.4 is 10.1 Å². The van der Waals surface area contributed by atoms with E-state index in [2.05, 4.69) is 10.5 Å². The Morgan fingerprint density at radius 3 is 2.76 bits per heavy atom. The van der Waals surface area contributed by atoms with Gasteiger partial charge in [-0.25, -0.2) is 0 Å². The number of hydrogen-bond acceptors (Lipinski definition) is 6. The van der Waals surface area contributed by atoms with E-state index in [1.165, 1.54) is 0 Å². The highest BCUT2D eigenvalue weighted by molar-refractivity contribution is 5.68. The van der Waals surface area contributed by atoms with Gasteiger partial charge in [0.05, 0.1) is 17.2 Å². The summed E-state index contributed by atoms with van der Waals surface area (Å²) in [6.07, 6.45) is 0. The minimum Gasteiger partial charge on any atom is -0.487 e. The van der Waals surface area contributed by atoms with Gasteiger partial charge in [0.15, 0.2) is 5.75 Å². The van der Waals surface area contributed by atoms with Crippen LogP contribution in [0.2, 0.25) is 0 Å².